The molecule has 0 amide bonds. The molecule has 0 aliphatic rings. The minimum atomic E-state index is -3.61. The van der Waals surface area contributed by atoms with Crippen LogP contribution in [0, 0.1) is 0 Å². The Balaban J connectivity index is 2.42. The van der Waals surface area contributed by atoms with Crippen LogP contribution in [-0.4, -0.2) is 36.7 Å². The van der Waals surface area contributed by atoms with E-state index in [4.69, 9.17) is 0 Å². The largest absolute Gasteiger partial charge is 0.378 e. The first-order chi connectivity index (χ1) is 8.01. The van der Waals surface area contributed by atoms with Gasteiger partial charge in [0.15, 0.2) is 0 Å². The van der Waals surface area contributed by atoms with E-state index in [2.05, 4.69) is 10.1 Å². The molecule has 0 spiro atoms. The number of aromatic nitrogens is 3. The minimum Gasteiger partial charge on any atom is -0.378 e. The first kappa shape index (κ1) is 11.6. The second-order valence-corrected chi connectivity index (χ2v) is 5.46. The molecule has 0 fully saturated rings. The highest BCUT2D eigenvalue weighted by Crippen LogP contribution is 2.17. The molecule has 1 aromatic carbocycles. The predicted molar refractivity (Wildman–Crippen MR) is 63.4 cm³/mol. The second-order valence-electron chi connectivity index (χ2n) is 3.66. The Morgan fingerprint density at radius 1 is 1.18 bits per heavy atom. The summed E-state index contributed by atoms with van der Waals surface area (Å²) in [7, 11) is 0.166. The summed E-state index contributed by atoms with van der Waals surface area (Å²) < 4.78 is 24.9. The molecule has 2 aromatic rings. The van der Waals surface area contributed by atoms with Crippen molar-refractivity contribution in [3.63, 3.8) is 0 Å². The standard InChI is InChI=1S/C10H12N4O2S/c1-13(2)9-3-5-10(6-4-9)17(15,16)14-8-11-7-12-14/h3-8H,1-2H3. The lowest BCUT2D eigenvalue weighted by atomic mass is 10.3. The van der Waals surface area contributed by atoms with Gasteiger partial charge in [0.1, 0.15) is 12.7 Å². The number of hydrogen-bond acceptors (Lipinski definition) is 5. The van der Waals surface area contributed by atoms with Gasteiger partial charge in [-0.3, -0.25) is 0 Å². The fourth-order valence-electron chi connectivity index (χ4n) is 1.35. The summed E-state index contributed by atoms with van der Waals surface area (Å²) in [4.78, 5) is 5.71. The van der Waals surface area contributed by atoms with Gasteiger partial charge in [0.2, 0.25) is 0 Å². The Morgan fingerprint density at radius 2 is 1.82 bits per heavy atom. The van der Waals surface area contributed by atoms with Gasteiger partial charge in [0.25, 0.3) is 10.0 Å². The normalized spacial score (nSPS) is 11.4. The number of benzene rings is 1. The molecule has 1 aromatic heterocycles. The Bertz CT molecular complexity index is 588. The van der Waals surface area contributed by atoms with E-state index in [-0.39, 0.29) is 4.90 Å². The Kier molecular flexibility index (Phi) is 2.84. The zero-order chi connectivity index (χ0) is 12.5. The van der Waals surface area contributed by atoms with Gasteiger partial charge in [-0.1, -0.05) is 0 Å². The van der Waals surface area contributed by atoms with Crippen molar-refractivity contribution >= 4 is 15.7 Å². The van der Waals surface area contributed by atoms with E-state index in [1.165, 1.54) is 6.33 Å². The van der Waals surface area contributed by atoms with Gasteiger partial charge in [0.05, 0.1) is 4.90 Å². The third-order valence-electron chi connectivity index (χ3n) is 2.29. The summed E-state index contributed by atoms with van der Waals surface area (Å²) in [5, 5.41) is 3.63. The maximum absolute atomic E-state index is 12.0. The van der Waals surface area contributed by atoms with Crippen molar-refractivity contribution in [2.45, 2.75) is 4.90 Å². The molecule has 7 heteroatoms. The Hall–Kier alpha value is -1.89. The molecule has 0 radical (unpaired) electrons. The van der Waals surface area contributed by atoms with Crippen molar-refractivity contribution < 1.29 is 8.42 Å². The summed E-state index contributed by atoms with van der Waals surface area (Å²) >= 11 is 0. The van der Waals surface area contributed by atoms with Gasteiger partial charge in [-0.2, -0.15) is 8.42 Å². The van der Waals surface area contributed by atoms with E-state index >= 15 is 0 Å². The smallest absolute Gasteiger partial charge is 0.284 e. The molecular weight excluding hydrogens is 240 g/mol. The molecule has 0 aliphatic carbocycles. The fraction of sp³-hybridized carbons (Fsp3) is 0.200. The van der Waals surface area contributed by atoms with Crippen molar-refractivity contribution in [3.8, 4) is 0 Å². The van der Waals surface area contributed by atoms with Crippen molar-refractivity contribution in [1.29, 1.82) is 0 Å². The van der Waals surface area contributed by atoms with Crippen LogP contribution in [0.4, 0.5) is 5.69 Å². The van der Waals surface area contributed by atoms with Crippen LogP contribution < -0.4 is 4.90 Å². The predicted octanol–water partition coefficient (Wildman–Crippen LogP) is 0.581. The van der Waals surface area contributed by atoms with Gasteiger partial charge in [-0.15, -0.1) is 9.19 Å². The molecule has 0 unspecified atom stereocenters. The molecular formula is C10H12N4O2S. The van der Waals surface area contributed by atoms with E-state index in [1.54, 1.807) is 24.3 Å². The third-order valence-corrected chi connectivity index (χ3v) is 3.84. The number of hydrogen-bond donors (Lipinski definition) is 0. The van der Waals surface area contributed by atoms with E-state index in [0.29, 0.717) is 0 Å². The van der Waals surface area contributed by atoms with Crippen LogP contribution in [0.15, 0.2) is 41.8 Å². The van der Waals surface area contributed by atoms with Gasteiger partial charge in [-0.05, 0) is 24.3 Å². The lowest BCUT2D eigenvalue weighted by molar-refractivity contribution is 0.580. The molecule has 1 heterocycles. The average Bonchev–Trinajstić information content (AvgIpc) is 2.83. The Labute approximate surface area is 99.6 Å². The molecule has 0 atom stereocenters. The summed E-state index contributed by atoms with van der Waals surface area (Å²) in [5.74, 6) is 0. The molecule has 90 valence electrons. The lowest BCUT2D eigenvalue weighted by Crippen LogP contribution is -2.14. The van der Waals surface area contributed by atoms with Gasteiger partial charge >= 0.3 is 0 Å². The SMILES string of the molecule is CN(C)c1ccc(S(=O)(=O)n2cncn2)cc1. The highest BCUT2D eigenvalue weighted by Gasteiger charge is 2.17. The van der Waals surface area contributed by atoms with Gasteiger partial charge in [0, 0.05) is 19.8 Å². The number of rotatable bonds is 3. The van der Waals surface area contributed by atoms with Crippen molar-refractivity contribution in [3.05, 3.63) is 36.9 Å². The highest BCUT2D eigenvalue weighted by molar-refractivity contribution is 7.89. The van der Waals surface area contributed by atoms with Crippen molar-refractivity contribution in [2.75, 3.05) is 19.0 Å². The molecule has 0 N–H and O–H groups in total. The molecule has 0 aliphatic heterocycles. The van der Waals surface area contributed by atoms with E-state index < -0.39 is 10.0 Å². The van der Waals surface area contributed by atoms with E-state index in [0.717, 1.165) is 16.1 Å². The molecule has 2 rings (SSSR count). The van der Waals surface area contributed by atoms with Crippen LogP contribution in [-0.2, 0) is 10.0 Å². The highest BCUT2D eigenvalue weighted by atomic mass is 32.2. The van der Waals surface area contributed by atoms with Crippen LogP contribution in [0.5, 0.6) is 0 Å². The number of anilines is 1. The topological polar surface area (TPSA) is 68.1 Å². The summed E-state index contributed by atoms with van der Waals surface area (Å²) in [5.41, 5.74) is 0.933. The summed E-state index contributed by atoms with van der Waals surface area (Å²) in [6, 6.07) is 6.58. The Morgan fingerprint density at radius 3 is 2.29 bits per heavy atom. The summed E-state index contributed by atoms with van der Waals surface area (Å²) in [6.07, 6.45) is 2.35. The van der Waals surface area contributed by atoms with Crippen LogP contribution in [0.2, 0.25) is 0 Å². The third kappa shape index (κ3) is 2.14. The van der Waals surface area contributed by atoms with Gasteiger partial charge < -0.3 is 4.90 Å². The first-order valence-corrected chi connectivity index (χ1v) is 6.33. The van der Waals surface area contributed by atoms with E-state index in [9.17, 15) is 8.42 Å². The first-order valence-electron chi connectivity index (χ1n) is 4.89. The zero-order valence-electron chi connectivity index (χ0n) is 9.48. The van der Waals surface area contributed by atoms with Crippen molar-refractivity contribution in [2.24, 2.45) is 0 Å². The minimum absolute atomic E-state index is 0.189. The van der Waals surface area contributed by atoms with Gasteiger partial charge in [-0.25, -0.2) is 4.98 Å². The molecule has 0 saturated heterocycles. The van der Waals surface area contributed by atoms with Crippen LogP contribution in [0.25, 0.3) is 0 Å². The molecule has 6 nitrogen and oxygen atoms in total. The molecule has 0 bridgehead atoms. The van der Waals surface area contributed by atoms with E-state index in [1.807, 2.05) is 19.0 Å². The van der Waals surface area contributed by atoms with Crippen LogP contribution in [0.3, 0.4) is 0 Å². The number of nitrogens with zero attached hydrogens (tertiary/aromatic N) is 4. The van der Waals surface area contributed by atoms with Crippen LogP contribution >= 0.6 is 0 Å². The molecule has 17 heavy (non-hydrogen) atoms. The maximum atomic E-state index is 12.0. The quantitative estimate of drug-likeness (QED) is 0.799. The fourth-order valence-corrected chi connectivity index (χ4v) is 2.39. The lowest BCUT2D eigenvalue weighted by Gasteiger charge is -2.12. The zero-order valence-corrected chi connectivity index (χ0v) is 10.3. The summed E-state index contributed by atoms with van der Waals surface area (Å²) in [6.45, 7) is 0. The van der Waals surface area contributed by atoms with Crippen LogP contribution in [0.1, 0.15) is 0 Å². The monoisotopic (exact) mass is 252 g/mol. The van der Waals surface area contributed by atoms with Crippen molar-refractivity contribution in [1.82, 2.24) is 14.2 Å². The second kappa shape index (κ2) is 4.17. The average molecular weight is 252 g/mol. The maximum Gasteiger partial charge on any atom is 0.284 e. The molecule has 0 saturated carbocycles.